The molecule has 1 aliphatic carbocycles. The average molecular weight is 284 g/mol. The van der Waals surface area contributed by atoms with Crippen molar-refractivity contribution in [1.82, 2.24) is 10.2 Å². The van der Waals surface area contributed by atoms with Gasteiger partial charge in [-0.05, 0) is 31.9 Å². The van der Waals surface area contributed by atoms with Gasteiger partial charge in [0.1, 0.15) is 0 Å². The number of thioether (sulfide) groups is 1. The van der Waals surface area contributed by atoms with Crippen molar-refractivity contribution in [3.05, 3.63) is 0 Å². The van der Waals surface area contributed by atoms with Gasteiger partial charge >= 0.3 is 0 Å². The third kappa shape index (κ3) is 2.80. The van der Waals surface area contributed by atoms with Crippen LogP contribution in [0.25, 0.3) is 0 Å². The SMILES string of the molecule is CCCC1NC2(CCCC2)C(=O)N1C(CC)CSC. The normalized spacial score (nSPS) is 27.4. The van der Waals surface area contributed by atoms with Gasteiger partial charge in [-0.25, -0.2) is 0 Å². The lowest BCUT2D eigenvalue weighted by Crippen LogP contribution is -2.46. The minimum absolute atomic E-state index is 0.203. The summed E-state index contributed by atoms with van der Waals surface area (Å²) in [7, 11) is 0. The fourth-order valence-electron chi connectivity index (χ4n) is 3.67. The van der Waals surface area contributed by atoms with Crippen LogP contribution in [0.1, 0.15) is 58.8 Å². The first kappa shape index (κ1) is 15.2. The third-order valence-corrected chi connectivity index (χ3v) is 5.38. The predicted octanol–water partition coefficient (Wildman–Crippen LogP) is 3.00. The number of nitrogens with zero attached hydrogens (tertiary/aromatic N) is 1. The summed E-state index contributed by atoms with van der Waals surface area (Å²) in [4.78, 5) is 15.1. The van der Waals surface area contributed by atoms with Gasteiger partial charge in [-0.15, -0.1) is 0 Å². The van der Waals surface area contributed by atoms with E-state index in [0.717, 1.165) is 37.9 Å². The Morgan fingerprint density at radius 3 is 2.63 bits per heavy atom. The summed E-state index contributed by atoms with van der Waals surface area (Å²) in [6, 6.07) is 0.395. The molecule has 0 bridgehead atoms. The van der Waals surface area contributed by atoms with Gasteiger partial charge in [0.05, 0.1) is 11.7 Å². The molecule has 1 saturated heterocycles. The fraction of sp³-hybridized carbons (Fsp3) is 0.933. The quantitative estimate of drug-likeness (QED) is 0.814. The van der Waals surface area contributed by atoms with Gasteiger partial charge in [-0.2, -0.15) is 11.8 Å². The largest absolute Gasteiger partial charge is 0.322 e. The Bertz CT molecular complexity index is 315. The zero-order valence-corrected chi connectivity index (χ0v) is 13.4. The molecule has 0 aromatic carbocycles. The van der Waals surface area contributed by atoms with Crippen LogP contribution in [0.5, 0.6) is 0 Å². The highest BCUT2D eigenvalue weighted by Crippen LogP contribution is 2.38. The van der Waals surface area contributed by atoms with Crippen LogP contribution in [0.3, 0.4) is 0 Å². The molecule has 2 atom stereocenters. The molecule has 3 nitrogen and oxygen atoms in total. The lowest BCUT2D eigenvalue weighted by Gasteiger charge is -2.32. The third-order valence-electron chi connectivity index (χ3n) is 4.67. The molecule has 19 heavy (non-hydrogen) atoms. The molecule has 2 unspecified atom stereocenters. The van der Waals surface area contributed by atoms with Gasteiger partial charge in [0.2, 0.25) is 5.91 Å². The molecule has 1 heterocycles. The first-order valence-corrected chi connectivity index (χ1v) is 9.17. The maximum atomic E-state index is 12.9. The molecule has 0 aromatic heterocycles. The van der Waals surface area contributed by atoms with E-state index in [1.807, 2.05) is 11.8 Å². The molecule has 1 N–H and O–H groups in total. The summed E-state index contributed by atoms with van der Waals surface area (Å²) in [6.45, 7) is 4.41. The molecule has 1 aliphatic heterocycles. The predicted molar refractivity (Wildman–Crippen MR) is 82.3 cm³/mol. The van der Waals surface area contributed by atoms with Crippen LogP contribution in [0.2, 0.25) is 0 Å². The van der Waals surface area contributed by atoms with E-state index in [2.05, 4.69) is 30.3 Å². The smallest absolute Gasteiger partial charge is 0.244 e. The average Bonchev–Trinajstić information content (AvgIpc) is 2.96. The Balaban J connectivity index is 2.19. The van der Waals surface area contributed by atoms with Crippen LogP contribution in [0, 0.1) is 0 Å². The summed E-state index contributed by atoms with van der Waals surface area (Å²) in [6.07, 6.45) is 10.2. The van der Waals surface area contributed by atoms with Crippen molar-refractivity contribution in [2.45, 2.75) is 76.5 Å². The number of hydrogen-bond acceptors (Lipinski definition) is 3. The number of carbonyl (C=O) groups excluding carboxylic acids is 1. The van der Waals surface area contributed by atoms with Crippen LogP contribution in [0.15, 0.2) is 0 Å². The zero-order valence-electron chi connectivity index (χ0n) is 12.6. The van der Waals surface area contributed by atoms with Crippen molar-refractivity contribution in [1.29, 1.82) is 0 Å². The summed E-state index contributed by atoms with van der Waals surface area (Å²) in [5.41, 5.74) is -0.203. The second-order valence-electron chi connectivity index (χ2n) is 5.97. The van der Waals surface area contributed by atoms with Crippen LogP contribution in [-0.4, -0.2) is 40.6 Å². The maximum absolute atomic E-state index is 12.9. The van der Waals surface area contributed by atoms with Crippen molar-refractivity contribution in [2.75, 3.05) is 12.0 Å². The van der Waals surface area contributed by atoms with Crippen molar-refractivity contribution in [3.63, 3.8) is 0 Å². The van der Waals surface area contributed by atoms with Crippen LogP contribution >= 0.6 is 11.8 Å². The van der Waals surface area contributed by atoms with Crippen LogP contribution < -0.4 is 5.32 Å². The van der Waals surface area contributed by atoms with E-state index in [9.17, 15) is 4.79 Å². The van der Waals surface area contributed by atoms with E-state index in [1.54, 1.807) is 0 Å². The molecule has 2 fully saturated rings. The van der Waals surface area contributed by atoms with Gasteiger partial charge < -0.3 is 4.90 Å². The first-order chi connectivity index (χ1) is 9.18. The van der Waals surface area contributed by atoms with Gasteiger partial charge in [0.15, 0.2) is 0 Å². The summed E-state index contributed by atoms with van der Waals surface area (Å²) in [5.74, 6) is 1.45. The highest BCUT2D eigenvalue weighted by molar-refractivity contribution is 7.98. The van der Waals surface area contributed by atoms with Crippen molar-refractivity contribution in [2.24, 2.45) is 0 Å². The molecular formula is C15H28N2OS. The second kappa shape index (κ2) is 6.49. The van der Waals surface area contributed by atoms with E-state index < -0.39 is 0 Å². The molecule has 2 rings (SSSR count). The number of carbonyl (C=O) groups is 1. The molecule has 0 radical (unpaired) electrons. The van der Waals surface area contributed by atoms with Crippen LogP contribution in [-0.2, 0) is 4.79 Å². The van der Waals surface area contributed by atoms with Gasteiger partial charge in [-0.1, -0.05) is 33.1 Å². The zero-order chi connectivity index (χ0) is 13.9. The van der Waals surface area contributed by atoms with Crippen molar-refractivity contribution >= 4 is 17.7 Å². The Hall–Kier alpha value is -0.220. The first-order valence-electron chi connectivity index (χ1n) is 7.78. The minimum atomic E-state index is -0.203. The number of nitrogens with one attached hydrogen (secondary N) is 1. The summed E-state index contributed by atoms with van der Waals surface area (Å²) < 4.78 is 0. The lowest BCUT2D eigenvalue weighted by molar-refractivity contribution is -0.135. The van der Waals surface area contributed by atoms with Crippen molar-refractivity contribution in [3.8, 4) is 0 Å². The van der Waals surface area contributed by atoms with E-state index in [4.69, 9.17) is 0 Å². The van der Waals surface area contributed by atoms with Crippen LogP contribution in [0.4, 0.5) is 0 Å². The summed E-state index contributed by atoms with van der Waals surface area (Å²) >= 11 is 1.85. The Morgan fingerprint density at radius 1 is 1.42 bits per heavy atom. The van der Waals surface area contributed by atoms with Gasteiger partial charge in [0.25, 0.3) is 0 Å². The standard InChI is InChI=1S/C15H28N2OS/c1-4-8-13-16-15(9-6-7-10-15)14(18)17(13)12(5-2)11-19-3/h12-13,16H,4-11H2,1-3H3. The molecule has 110 valence electrons. The molecule has 0 aromatic rings. The molecule has 4 heteroatoms. The molecule has 1 saturated carbocycles. The molecular weight excluding hydrogens is 256 g/mol. The molecule has 2 aliphatic rings. The number of amides is 1. The van der Waals surface area contributed by atoms with Gasteiger partial charge in [-0.3, -0.25) is 10.1 Å². The molecule has 1 spiro atoms. The number of rotatable bonds is 6. The number of hydrogen-bond donors (Lipinski definition) is 1. The Kier molecular flexibility index (Phi) is 5.18. The molecule has 1 amide bonds. The second-order valence-corrected chi connectivity index (χ2v) is 6.88. The Labute approximate surface area is 121 Å². The maximum Gasteiger partial charge on any atom is 0.244 e. The topological polar surface area (TPSA) is 32.3 Å². The van der Waals surface area contributed by atoms with E-state index in [0.29, 0.717) is 11.9 Å². The summed E-state index contributed by atoms with van der Waals surface area (Å²) in [5, 5.41) is 3.71. The minimum Gasteiger partial charge on any atom is -0.322 e. The van der Waals surface area contributed by atoms with Gasteiger partial charge in [0, 0.05) is 11.8 Å². The highest BCUT2D eigenvalue weighted by atomic mass is 32.2. The fourth-order valence-corrected chi connectivity index (χ4v) is 4.45. The van der Waals surface area contributed by atoms with E-state index >= 15 is 0 Å². The lowest BCUT2D eigenvalue weighted by atomic mass is 9.97. The monoisotopic (exact) mass is 284 g/mol. The highest BCUT2D eigenvalue weighted by Gasteiger charge is 2.53. The van der Waals surface area contributed by atoms with Crippen molar-refractivity contribution < 1.29 is 4.79 Å². The Morgan fingerprint density at radius 2 is 2.11 bits per heavy atom. The van der Waals surface area contributed by atoms with E-state index in [1.165, 1.54) is 12.8 Å². The van der Waals surface area contributed by atoms with E-state index in [-0.39, 0.29) is 11.7 Å².